The number of amides is 4. The van der Waals surface area contributed by atoms with Crippen molar-refractivity contribution in [3.8, 4) is 0 Å². The molecule has 0 bridgehead atoms. The largest absolute Gasteiger partial charge is 0.405 e. The summed E-state index contributed by atoms with van der Waals surface area (Å²) in [5.41, 5.74) is 2.05. The van der Waals surface area contributed by atoms with E-state index in [1.807, 2.05) is 36.5 Å². The van der Waals surface area contributed by atoms with Crippen molar-refractivity contribution in [2.45, 2.75) is 32.5 Å². The molecule has 2 N–H and O–H groups in total. The number of rotatable bonds is 5. The number of aryl methyl sites for hydroxylation is 1. The number of benzene rings is 1. The highest BCUT2D eigenvalue weighted by molar-refractivity contribution is 5.96. The van der Waals surface area contributed by atoms with Crippen LogP contribution in [-0.2, 0) is 16.0 Å². The van der Waals surface area contributed by atoms with E-state index in [-0.39, 0.29) is 5.91 Å². The third-order valence-electron chi connectivity index (χ3n) is 4.76. The number of imide groups is 1. The molecule has 1 saturated heterocycles. The van der Waals surface area contributed by atoms with Crippen LogP contribution in [0.4, 0.5) is 18.0 Å². The predicted molar refractivity (Wildman–Crippen MR) is 100 cm³/mol. The van der Waals surface area contributed by atoms with Gasteiger partial charge in [-0.2, -0.15) is 13.2 Å². The van der Waals surface area contributed by atoms with Crippen LogP contribution in [0, 0.1) is 6.92 Å². The van der Waals surface area contributed by atoms with Crippen LogP contribution in [0.2, 0.25) is 0 Å². The molecular weight excluding hydrogens is 389 g/mol. The molecule has 0 saturated carbocycles. The molecule has 0 spiro atoms. The lowest BCUT2D eigenvalue weighted by Crippen LogP contribution is -2.56. The molecule has 1 aromatic rings. The predicted octanol–water partition coefficient (Wildman–Crippen LogP) is 1.46. The molecule has 1 atom stereocenters. The number of piperazine rings is 1. The third kappa shape index (κ3) is 7.37. The molecule has 1 aromatic carbocycles. The molecular formula is C19H25F3N4O3. The minimum atomic E-state index is -4.55. The molecule has 2 rings (SSSR count). The molecule has 0 aliphatic carbocycles. The number of halogens is 3. The van der Waals surface area contributed by atoms with Crippen molar-refractivity contribution >= 4 is 17.8 Å². The Morgan fingerprint density at radius 3 is 2.21 bits per heavy atom. The van der Waals surface area contributed by atoms with Gasteiger partial charge in [-0.3, -0.25) is 19.8 Å². The summed E-state index contributed by atoms with van der Waals surface area (Å²) in [6.07, 6.45) is -4.25. The fourth-order valence-corrected chi connectivity index (χ4v) is 2.96. The van der Waals surface area contributed by atoms with Crippen molar-refractivity contribution in [1.82, 2.24) is 20.4 Å². The van der Waals surface area contributed by atoms with Gasteiger partial charge in [0.25, 0.3) is 0 Å². The number of hydrogen-bond acceptors (Lipinski definition) is 4. The van der Waals surface area contributed by atoms with Gasteiger partial charge in [-0.15, -0.1) is 0 Å². The van der Waals surface area contributed by atoms with Crippen molar-refractivity contribution in [3.05, 3.63) is 35.4 Å². The summed E-state index contributed by atoms with van der Waals surface area (Å²) in [4.78, 5) is 39.4. The Balaban J connectivity index is 1.77. The van der Waals surface area contributed by atoms with Gasteiger partial charge in [-0.25, -0.2) is 4.79 Å². The van der Waals surface area contributed by atoms with Gasteiger partial charge in [-0.05, 0) is 19.4 Å². The monoisotopic (exact) mass is 414 g/mol. The van der Waals surface area contributed by atoms with Crippen LogP contribution in [0.15, 0.2) is 24.3 Å². The van der Waals surface area contributed by atoms with Gasteiger partial charge in [-0.1, -0.05) is 29.8 Å². The van der Waals surface area contributed by atoms with E-state index in [9.17, 15) is 27.6 Å². The first-order valence-corrected chi connectivity index (χ1v) is 9.28. The van der Waals surface area contributed by atoms with Gasteiger partial charge in [0.05, 0.1) is 12.5 Å². The number of alkyl halides is 3. The lowest BCUT2D eigenvalue weighted by molar-refractivity contribution is -0.133. The zero-order valence-electron chi connectivity index (χ0n) is 16.4. The molecule has 10 heteroatoms. The summed E-state index contributed by atoms with van der Waals surface area (Å²) in [7, 11) is 0. The molecule has 1 aliphatic rings. The van der Waals surface area contributed by atoms with E-state index in [1.165, 1.54) is 0 Å². The summed E-state index contributed by atoms with van der Waals surface area (Å²) >= 11 is 0. The Kier molecular flexibility index (Phi) is 7.60. The topological polar surface area (TPSA) is 81.8 Å². The normalized spacial score (nSPS) is 16.2. The summed E-state index contributed by atoms with van der Waals surface area (Å²) in [5, 5.41) is 3.50. The smallest absolute Gasteiger partial charge is 0.340 e. The number of carbonyl (C=O) groups excluding carboxylic acids is 3. The van der Waals surface area contributed by atoms with E-state index >= 15 is 0 Å². The van der Waals surface area contributed by atoms with Crippen molar-refractivity contribution in [3.63, 3.8) is 0 Å². The van der Waals surface area contributed by atoms with Crippen LogP contribution in [0.25, 0.3) is 0 Å². The maximum atomic E-state index is 12.4. The number of nitrogens with one attached hydrogen (secondary N) is 2. The minimum Gasteiger partial charge on any atom is -0.340 e. The van der Waals surface area contributed by atoms with Gasteiger partial charge in [0.1, 0.15) is 6.54 Å². The maximum absolute atomic E-state index is 12.4. The fourth-order valence-electron chi connectivity index (χ4n) is 2.96. The summed E-state index contributed by atoms with van der Waals surface area (Å²) in [6, 6.07) is 5.84. The first-order chi connectivity index (χ1) is 13.5. The number of urea groups is 1. The molecule has 29 heavy (non-hydrogen) atoms. The third-order valence-corrected chi connectivity index (χ3v) is 4.76. The molecule has 7 nitrogen and oxygen atoms in total. The van der Waals surface area contributed by atoms with E-state index in [1.54, 1.807) is 22.0 Å². The van der Waals surface area contributed by atoms with Gasteiger partial charge >= 0.3 is 12.2 Å². The second-order valence-electron chi connectivity index (χ2n) is 7.04. The highest BCUT2D eigenvalue weighted by atomic mass is 19.4. The molecule has 0 aromatic heterocycles. The van der Waals surface area contributed by atoms with Gasteiger partial charge < -0.3 is 10.2 Å². The number of hydrogen-bond donors (Lipinski definition) is 2. The summed E-state index contributed by atoms with van der Waals surface area (Å²) < 4.78 is 36.3. The van der Waals surface area contributed by atoms with E-state index in [4.69, 9.17) is 0 Å². The van der Waals surface area contributed by atoms with E-state index in [0.717, 1.165) is 11.1 Å². The SMILES string of the molecule is Cc1ccc(CC(=O)N2CCN(C(C)C(=O)NC(=O)NCC(F)(F)F)CC2)cc1. The molecule has 160 valence electrons. The summed E-state index contributed by atoms with van der Waals surface area (Å²) in [6.45, 7) is 3.75. The van der Waals surface area contributed by atoms with E-state index < -0.39 is 30.7 Å². The molecule has 0 radical (unpaired) electrons. The standard InChI is InChI=1S/C19H25F3N4O3/c1-13-3-5-15(6-4-13)11-16(27)26-9-7-25(8-10-26)14(2)17(28)24-18(29)23-12-19(20,21)22/h3-6,14H,7-12H2,1-2H3,(H2,23,24,28,29). The molecule has 4 amide bonds. The van der Waals surface area contributed by atoms with Crippen LogP contribution in [0.1, 0.15) is 18.1 Å². The molecule has 1 fully saturated rings. The van der Waals surface area contributed by atoms with E-state index in [0.29, 0.717) is 32.6 Å². The van der Waals surface area contributed by atoms with Crippen molar-refractivity contribution in [2.24, 2.45) is 0 Å². The Hall–Kier alpha value is -2.62. The van der Waals surface area contributed by atoms with Crippen LogP contribution in [-0.4, -0.2) is 72.6 Å². The van der Waals surface area contributed by atoms with Crippen LogP contribution in [0.5, 0.6) is 0 Å². The van der Waals surface area contributed by atoms with Crippen LogP contribution >= 0.6 is 0 Å². The first-order valence-electron chi connectivity index (χ1n) is 9.28. The first kappa shape index (κ1) is 22.7. The molecule has 1 aliphatic heterocycles. The van der Waals surface area contributed by atoms with Gasteiger partial charge in [0.15, 0.2) is 0 Å². The highest BCUT2D eigenvalue weighted by Crippen LogP contribution is 2.12. The zero-order chi connectivity index (χ0) is 21.6. The molecule has 1 unspecified atom stereocenters. The molecule has 1 heterocycles. The van der Waals surface area contributed by atoms with Gasteiger partial charge in [0, 0.05) is 26.2 Å². The van der Waals surface area contributed by atoms with Crippen molar-refractivity contribution in [1.29, 1.82) is 0 Å². The van der Waals surface area contributed by atoms with E-state index in [2.05, 4.69) is 0 Å². The van der Waals surface area contributed by atoms with Crippen molar-refractivity contribution in [2.75, 3.05) is 32.7 Å². The lowest BCUT2D eigenvalue weighted by Gasteiger charge is -2.37. The Morgan fingerprint density at radius 2 is 1.66 bits per heavy atom. The Labute approximate surface area is 167 Å². The number of nitrogens with zero attached hydrogens (tertiary/aromatic N) is 2. The van der Waals surface area contributed by atoms with Crippen LogP contribution < -0.4 is 10.6 Å². The Morgan fingerprint density at radius 1 is 1.07 bits per heavy atom. The number of carbonyl (C=O) groups is 3. The average Bonchev–Trinajstić information content (AvgIpc) is 2.67. The second kappa shape index (κ2) is 9.73. The average molecular weight is 414 g/mol. The second-order valence-corrected chi connectivity index (χ2v) is 7.04. The lowest BCUT2D eigenvalue weighted by atomic mass is 10.1. The quantitative estimate of drug-likeness (QED) is 0.765. The maximum Gasteiger partial charge on any atom is 0.405 e. The summed E-state index contributed by atoms with van der Waals surface area (Å²) in [5.74, 6) is -0.693. The fraction of sp³-hybridized carbons (Fsp3) is 0.526. The minimum absolute atomic E-state index is 0.00265. The Bertz CT molecular complexity index is 729. The van der Waals surface area contributed by atoms with Crippen molar-refractivity contribution < 1.29 is 27.6 Å². The highest BCUT2D eigenvalue weighted by Gasteiger charge is 2.30. The van der Waals surface area contributed by atoms with Gasteiger partial charge in [0.2, 0.25) is 11.8 Å². The zero-order valence-corrected chi connectivity index (χ0v) is 16.4. The van der Waals surface area contributed by atoms with Crippen LogP contribution in [0.3, 0.4) is 0 Å².